The fourth-order valence-corrected chi connectivity index (χ4v) is 2.05. The molecule has 2 rings (SSSR count). The van der Waals surface area contributed by atoms with Crippen LogP contribution in [-0.4, -0.2) is 24.0 Å². The first-order chi connectivity index (χ1) is 8.13. The number of aromatic nitrogens is 1. The van der Waals surface area contributed by atoms with Crippen LogP contribution < -0.4 is 0 Å². The van der Waals surface area contributed by atoms with Crippen LogP contribution in [0.5, 0.6) is 0 Å². The van der Waals surface area contributed by atoms with Gasteiger partial charge in [-0.25, -0.2) is 4.39 Å². The van der Waals surface area contributed by atoms with Gasteiger partial charge in [0.1, 0.15) is 5.82 Å². The fourth-order valence-electron chi connectivity index (χ4n) is 2.05. The number of nitrogens with one attached hydrogen (secondary N) is 1. The van der Waals surface area contributed by atoms with Crippen LogP contribution in [-0.2, 0) is 0 Å². The molecule has 3 nitrogen and oxygen atoms in total. The molecule has 1 atom stereocenters. The quantitative estimate of drug-likeness (QED) is 0.882. The van der Waals surface area contributed by atoms with Crippen LogP contribution in [0.2, 0.25) is 0 Å². The molecule has 1 N–H and O–H groups in total. The molecule has 1 unspecified atom stereocenters. The third kappa shape index (κ3) is 2.15. The number of hydrogen-bond acceptors (Lipinski definition) is 2. The Labute approximate surface area is 99.5 Å². The number of nitriles is 1. The highest BCUT2D eigenvalue weighted by Gasteiger charge is 2.17. The molecule has 1 aromatic heterocycles. The van der Waals surface area contributed by atoms with E-state index >= 15 is 0 Å². The average molecular weight is 231 g/mol. The number of benzene rings is 1. The van der Waals surface area contributed by atoms with Crippen molar-refractivity contribution in [2.45, 2.75) is 12.5 Å². The van der Waals surface area contributed by atoms with Gasteiger partial charge in [0.2, 0.25) is 0 Å². The van der Waals surface area contributed by atoms with E-state index in [2.05, 4.69) is 11.1 Å². The normalized spacial score (nSPS) is 12.9. The van der Waals surface area contributed by atoms with Crippen molar-refractivity contribution < 1.29 is 4.39 Å². The van der Waals surface area contributed by atoms with E-state index in [1.807, 2.05) is 25.2 Å². The minimum Gasteiger partial charge on any atom is -0.361 e. The summed E-state index contributed by atoms with van der Waals surface area (Å²) in [5.41, 5.74) is 1.86. The summed E-state index contributed by atoms with van der Waals surface area (Å²) in [6, 6.07) is 6.80. The number of nitrogens with zero attached hydrogens (tertiary/aromatic N) is 2. The smallest absolute Gasteiger partial charge is 0.123 e. The molecule has 0 saturated carbocycles. The molecule has 1 heterocycles. The first-order valence-electron chi connectivity index (χ1n) is 5.43. The number of aromatic amines is 1. The lowest BCUT2D eigenvalue weighted by Crippen LogP contribution is -2.19. The molecule has 2 aromatic rings. The van der Waals surface area contributed by atoms with Gasteiger partial charge in [-0.05, 0) is 37.9 Å². The molecule has 0 spiro atoms. The minimum absolute atomic E-state index is 0.0180. The Morgan fingerprint density at radius 1 is 1.47 bits per heavy atom. The van der Waals surface area contributed by atoms with Crippen molar-refractivity contribution in [2.24, 2.45) is 0 Å². The lowest BCUT2D eigenvalue weighted by atomic mass is 10.0. The van der Waals surface area contributed by atoms with E-state index in [4.69, 9.17) is 5.26 Å². The zero-order valence-electron chi connectivity index (χ0n) is 9.87. The van der Waals surface area contributed by atoms with Crippen LogP contribution in [0.15, 0.2) is 24.4 Å². The zero-order chi connectivity index (χ0) is 12.4. The van der Waals surface area contributed by atoms with E-state index < -0.39 is 0 Å². The molecule has 0 aliphatic rings. The van der Waals surface area contributed by atoms with Gasteiger partial charge in [0, 0.05) is 23.1 Å². The summed E-state index contributed by atoms with van der Waals surface area (Å²) in [5.74, 6) is -0.257. The van der Waals surface area contributed by atoms with E-state index in [0.29, 0.717) is 6.42 Å². The predicted octanol–water partition coefficient (Wildman–Crippen LogP) is 2.82. The van der Waals surface area contributed by atoms with Crippen LogP contribution in [0.25, 0.3) is 10.9 Å². The molecule has 4 heteroatoms. The van der Waals surface area contributed by atoms with Crippen molar-refractivity contribution in [3.05, 3.63) is 35.8 Å². The van der Waals surface area contributed by atoms with Gasteiger partial charge in [-0.3, -0.25) is 0 Å². The summed E-state index contributed by atoms with van der Waals surface area (Å²) in [4.78, 5) is 5.08. The standard InChI is InChI=1S/C13H14FN3/c1-17(2)13(5-6-15)11-8-16-12-4-3-9(14)7-10(11)12/h3-4,7-8,13,16H,5H2,1-2H3. The summed E-state index contributed by atoms with van der Waals surface area (Å²) in [5, 5.41) is 9.70. The molecule has 1 aromatic carbocycles. The van der Waals surface area contributed by atoms with E-state index in [9.17, 15) is 4.39 Å². The molecule has 0 amide bonds. The molecule has 0 saturated heterocycles. The van der Waals surface area contributed by atoms with Crippen molar-refractivity contribution in [2.75, 3.05) is 14.1 Å². The molecule has 0 bridgehead atoms. The van der Waals surface area contributed by atoms with E-state index in [-0.39, 0.29) is 11.9 Å². The van der Waals surface area contributed by atoms with Gasteiger partial charge in [-0.15, -0.1) is 0 Å². The Balaban J connectivity index is 2.53. The Morgan fingerprint density at radius 3 is 2.88 bits per heavy atom. The topological polar surface area (TPSA) is 42.8 Å². The Bertz CT molecular complexity index is 566. The Kier molecular flexibility index (Phi) is 3.12. The molecule has 0 fully saturated rings. The second kappa shape index (κ2) is 4.56. The average Bonchev–Trinajstić information content (AvgIpc) is 2.68. The van der Waals surface area contributed by atoms with Crippen LogP contribution in [0.1, 0.15) is 18.0 Å². The number of rotatable bonds is 3. The van der Waals surface area contributed by atoms with Gasteiger partial charge in [-0.2, -0.15) is 5.26 Å². The largest absolute Gasteiger partial charge is 0.361 e. The van der Waals surface area contributed by atoms with Gasteiger partial charge in [0.05, 0.1) is 12.5 Å². The second-order valence-electron chi connectivity index (χ2n) is 4.28. The molecular weight excluding hydrogens is 217 g/mol. The molecule has 17 heavy (non-hydrogen) atoms. The molecule has 88 valence electrons. The summed E-state index contributed by atoms with van der Waals surface area (Å²) in [6.45, 7) is 0. The monoisotopic (exact) mass is 231 g/mol. The SMILES string of the molecule is CN(C)C(CC#N)c1c[nH]c2ccc(F)cc12. The highest BCUT2D eigenvalue weighted by molar-refractivity contribution is 5.83. The number of halogens is 1. The van der Waals surface area contributed by atoms with E-state index in [1.54, 1.807) is 6.07 Å². The van der Waals surface area contributed by atoms with Crippen molar-refractivity contribution in [1.29, 1.82) is 5.26 Å². The molecular formula is C13H14FN3. The number of hydrogen-bond donors (Lipinski definition) is 1. The van der Waals surface area contributed by atoms with Crippen LogP contribution in [0.3, 0.4) is 0 Å². The van der Waals surface area contributed by atoms with Crippen molar-refractivity contribution in [1.82, 2.24) is 9.88 Å². The maximum Gasteiger partial charge on any atom is 0.123 e. The van der Waals surface area contributed by atoms with E-state index in [1.165, 1.54) is 12.1 Å². The van der Waals surface area contributed by atoms with Gasteiger partial charge in [0.25, 0.3) is 0 Å². The van der Waals surface area contributed by atoms with Gasteiger partial charge >= 0.3 is 0 Å². The maximum atomic E-state index is 13.3. The minimum atomic E-state index is -0.257. The Hall–Kier alpha value is -1.86. The molecule has 0 aliphatic carbocycles. The third-order valence-electron chi connectivity index (χ3n) is 2.94. The highest BCUT2D eigenvalue weighted by Crippen LogP contribution is 2.29. The van der Waals surface area contributed by atoms with Crippen molar-refractivity contribution in [3.63, 3.8) is 0 Å². The van der Waals surface area contributed by atoms with E-state index in [0.717, 1.165) is 16.5 Å². The summed E-state index contributed by atoms with van der Waals surface area (Å²) >= 11 is 0. The van der Waals surface area contributed by atoms with Gasteiger partial charge in [0.15, 0.2) is 0 Å². The highest BCUT2D eigenvalue weighted by atomic mass is 19.1. The predicted molar refractivity (Wildman–Crippen MR) is 64.9 cm³/mol. The summed E-state index contributed by atoms with van der Waals surface area (Å²) < 4.78 is 13.3. The van der Waals surface area contributed by atoms with Crippen LogP contribution in [0, 0.1) is 17.1 Å². The fraction of sp³-hybridized carbons (Fsp3) is 0.308. The summed E-state index contributed by atoms with van der Waals surface area (Å²) in [7, 11) is 3.83. The lowest BCUT2D eigenvalue weighted by Gasteiger charge is -2.21. The first kappa shape index (κ1) is 11.6. The lowest BCUT2D eigenvalue weighted by molar-refractivity contribution is 0.305. The zero-order valence-corrected chi connectivity index (χ0v) is 9.87. The van der Waals surface area contributed by atoms with Crippen molar-refractivity contribution in [3.8, 4) is 6.07 Å². The second-order valence-corrected chi connectivity index (χ2v) is 4.28. The van der Waals surface area contributed by atoms with Gasteiger partial charge in [-0.1, -0.05) is 0 Å². The number of H-pyrrole nitrogens is 1. The van der Waals surface area contributed by atoms with Crippen LogP contribution >= 0.6 is 0 Å². The van der Waals surface area contributed by atoms with Crippen molar-refractivity contribution >= 4 is 10.9 Å². The summed E-state index contributed by atoms with van der Waals surface area (Å²) in [6.07, 6.45) is 2.24. The molecule has 0 aliphatic heterocycles. The third-order valence-corrected chi connectivity index (χ3v) is 2.94. The number of fused-ring (bicyclic) bond motifs is 1. The van der Waals surface area contributed by atoms with Crippen LogP contribution in [0.4, 0.5) is 4.39 Å². The van der Waals surface area contributed by atoms with Gasteiger partial charge < -0.3 is 9.88 Å². The first-order valence-corrected chi connectivity index (χ1v) is 5.43. The Morgan fingerprint density at radius 2 is 2.24 bits per heavy atom. The maximum absolute atomic E-state index is 13.3. The molecule has 0 radical (unpaired) electrons.